The number of carbonyl (C=O) groups is 1. The Labute approximate surface area is 108 Å². The maximum absolute atomic E-state index is 11.7. The summed E-state index contributed by atoms with van der Waals surface area (Å²) in [5, 5.41) is 3.93. The quantitative estimate of drug-likeness (QED) is 0.506. The van der Waals surface area contributed by atoms with Crippen molar-refractivity contribution in [3.63, 3.8) is 0 Å². The molecule has 0 aromatic carbocycles. The highest BCUT2D eigenvalue weighted by atomic mass is 32.2. The Kier molecular flexibility index (Phi) is 5.78. The molecule has 0 atom stereocenters. The number of carbonyl (C=O) groups excluding carboxylic acids is 1. The van der Waals surface area contributed by atoms with E-state index in [9.17, 15) is 4.79 Å². The molecule has 0 aliphatic rings. The molecule has 1 aromatic rings. The third-order valence-electron chi connectivity index (χ3n) is 1.65. The van der Waals surface area contributed by atoms with Gasteiger partial charge in [0.25, 0.3) is 5.91 Å². The van der Waals surface area contributed by atoms with Gasteiger partial charge in [0.05, 0.1) is 19.5 Å². The fourth-order valence-electron chi connectivity index (χ4n) is 0.884. The van der Waals surface area contributed by atoms with Crippen molar-refractivity contribution in [2.75, 3.05) is 19.6 Å². The van der Waals surface area contributed by atoms with E-state index in [0.29, 0.717) is 0 Å². The number of hydrazone groups is 1. The molecule has 0 radical (unpaired) electrons. The van der Waals surface area contributed by atoms with Crippen molar-refractivity contribution in [2.45, 2.75) is 0 Å². The van der Waals surface area contributed by atoms with Gasteiger partial charge in [0.2, 0.25) is 5.88 Å². The molecular weight excluding hydrogens is 260 g/mol. The Balaban J connectivity index is 2.72. The number of amides is 1. The number of ether oxygens (including phenoxy) is 1. The summed E-state index contributed by atoms with van der Waals surface area (Å²) in [6.45, 7) is 0. The van der Waals surface area contributed by atoms with E-state index < -0.39 is 5.91 Å². The van der Waals surface area contributed by atoms with Gasteiger partial charge in [-0.2, -0.15) is 5.10 Å². The predicted molar refractivity (Wildman–Crippen MR) is 70.5 cm³/mol. The Bertz CT molecular complexity index is 419. The number of aromatic nitrogens is 2. The van der Waals surface area contributed by atoms with Crippen LogP contribution in [0.2, 0.25) is 0 Å². The third-order valence-corrected chi connectivity index (χ3v) is 3.53. The molecule has 17 heavy (non-hydrogen) atoms. The van der Waals surface area contributed by atoms with Gasteiger partial charge >= 0.3 is 0 Å². The Morgan fingerprint density at radius 3 is 2.71 bits per heavy atom. The number of methoxy groups -OCH3 is 1. The van der Waals surface area contributed by atoms with Crippen LogP contribution in [0.4, 0.5) is 0 Å². The van der Waals surface area contributed by atoms with E-state index in [0.717, 1.165) is 4.38 Å². The van der Waals surface area contributed by atoms with E-state index in [1.54, 1.807) is 0 Å². The van der Waals surface area contributed by atoms with Crippen LogP contribution in [0.1, 0.15) is 10.5 Å². The monoisotopic (exact) mass is 272 g/mol. The van der Waals surface area contributed by atoms with E-state index in [1.807, 2.05) is 12.5 Å². The van der Waals surface area contributed by atoms with Crippen LogP contribution in [-0.4, -0.2) is 39.9 Å². The fourth-order valence-corrected chi connectivity index (χ4v) is 1.82. The largest absolute Gasteiger partial charge is 0.480 e. The highest BCUT2D eigenvalue weighted by Crippen LogP contribution is 2.09. The molecule has 0 bridgehead atoms. The predicted octanol–water partition coefficient (Wildman–Crippen LogP) is 1.21. The molecule has 1 amide bonds. The van der Waals surface area contributed by atoms with Gasteiger partial charge in [-0.1, -0.05) is 0 Å². The summed E-state index contributed by atoms with van der Waals surface area (Å²) in [7, 11) is 1.46. The lowest BCUT2D eigenvalue weighted by Gasteiger charge is -2.02. The molecule has 0 aliphatic carbocycles. The number of rotatable bonds is 3. The maximum atomic E-state index is 11.7. The van der Waals surface area contributed by atoms with Crippen LogP contribution >= 0.6 is 23.5 Å². The van der Waals surface area contributed by atoms with E-state index in [-0.39, 0.29) is 11.6 Å². The van der Waals surface area contributed by atoms with Crippen molar-refractivity contribution in [1.82, 2.24) is 15.4 Å². The van der Waals surface area contributed by atoms with E-state index in [4.69, 9.17) is 4.74 Å². The minimum Gasteiger partial charge on any atom is -0.480 e. The molecule has 1 rings (SSSR count). The lowest BCUT2D eigenvalue weighted by atomic mass is 10.4. The van der Waals surface area contributed by atoms with Gasteiger partial charge in [-0.05, 0) is 12.5 Å². The van der Waals surface area contributed by atoms with Crippen molar-refractivity contribution < 1.29 is 9.53 Å². The number of hydrogen-bond acceptors (Lipinski definition) is 7. The average Bonchev–Trinajstić information content (AvgIpc) is 2.39. The summed E-state index contributed by atoms with van der Waals surface area (Å²) >= 11 is 2.90. The maximum Gasteiger partial charge on any atom is 0.291 e. The summed E-state index contributed by atoms with van der Waals surface area (Å²) < 4.78 is 5.63. The summed E-state index contributed by atoms with van der Waals surface area (Å²) in [5.74, 6) is -0.131. The average molecular weight is 272 g/mol. The van der Waals surface area contributed by atoms with Crippen molar-refractivity contribution in [3.8, 4) is 5.88 Å². The normalized spacial score (nSPS) is 9.59. The van der Waals surface area contributed by atoms with E-state index in [2.05, 4.69) is 20.5 Å². The standard InChI is InChI=1S/C9H12N4O2S2/c1-15-7-5-10-4-6(11-7)8(14)12-13-9(16-2)17-3/h4-5H,1-3H3,(H,12,14). The smallest absolute Gasteiger partial charge is 0.291 e. The first-order chi connectivity index (χ1) is 8.21. The van der Waals surface area contributed by atoms with Gasteiger partial charge in [0, 0.05) is 0 Å². The highest BCUT2D eigenvalue weighted by molar-refractivity contribution is 8.38. The van der Waals surface area contributed by atoms with Crippen LogP contribution in [0.5, 0.6) is 5.88 Å². The Morgan fingerprint density at radius 1 is 1.41 bits per heavy atom. The van der Waals surface area contributed by atoms with Gasteiger partial charge < -0.3 is 4.74 Å². The van der Waals surface area contributed by atoms with Crippen LogP contribution in [0.15, 0.2) is 17.5 Å². The molecule has 1 aromatic heterocycles. The number of hydrogen-bond donors (Lipinski definition) is 1. The first kappa shape index (κ1) is 13.8. The summed E-state index contributed by atoms with van der Waals surface area (Å²) in [6.07, 6.45) is 6.54. The minimum absolute atomic E-state index is 0.162. The first-order valence-electron chi connectivity index (χ1n) is 4.53. The lowest BCUT2D eigenvalue weighted by molar-refractivity contribution is 0.0949. The summed E-state index contributed by atoms with van der Waals surface area (Å²) in [5.41, 5.74) is 2.56. The second-order valence-electron chi connectivity index (χ2n) is 2.67. The van der Waals surface area contributed by atoms with Gasteiger partial charge in [-0.15, -0.1) is 23.5 Å². The van der Waals surface area contributed by atoms with Crippen LogP contribution in [-0.2, 0) is 0 Å². The molecule has 0 saturated carbocycles. The zero-order valence-electron chi connectivity index (χ0n) is 9.63. The zero-order valence-corrected chi connectivity index (χ0v) is 11.3. The first-order valence-corrected chi connectivity index (χ1v) is 6.98. The van der Waals surface area contributed by atoms with E-state index in [1.165, 1.54) is 43.0 Å². The highest BCUT2D eigenvalue weighted by Gasteiger charge is 2.08. The van der Waals surface area contributed by atoms with Gasteiger partial charge in [-0.3, -0.25) is 9.78 Å². The lowest BCUT2D eigenvalue weighted by Crippen LogP contribution is -2.20. The topological polar surface area (TPSA) is 76.5 Å². The molecular formula is C9H12N4O2S2. The molecule has 6 nitrogen and oxygen atoms in total. The summed E-state index contributed by atoms with van der Waals surface area (Å²) in [6, 6.07) is 0. The van der Waals surface area contributed by atoms with Gasteiger partial charge in [0.15, 0.2) is 5.69 Å². The Morgan fingerprint density at radius 2 is 2.12 bits per heavy atom. The minimum atomic E-state index is -0.419. The fraction of sp³-hybridized carbons (Fsp3) is 0.333. The molecule has 0 unspecified atom stereocenters. The van der Waals surface area contributed by atoms with Crippen LogP contribution in [0.3, 0.4) is 0 Å². The second-order valence-corrected chi connectivity index (χ2v) is 4.52. The molecule has 92 valence electrons. The summed E-state index contributed by atoms with van der Waals surface area (Å²) in [4.78, 5) is 19.4. The number of thioether (sulfide) groups is 2. The van der Waals surface area contributed by atoms with Crippen molar-refractivity contribution in [2.24, 2.45) is 5.10 Å². The van der Waals surface area contributed by atoms with Crippen molar-refractivity contribution in [1.29, 1.82) is 0 Å². The SMILES string of the molecule is COc1cncc(C(=O)NN=C(SC)SC)n1. The Hall–Kier alpha value is -1.28. The molecule has 0 saturated heterocycles. The van der Waals surface area contributed by atoms with Crippen LogP contribution < -0.4 is 10.2 Å². The molecule has 1 heterocycles. The van der Waals surface area contributed by atoms with Crippen LogP contribution in [0.25, 0.3) is 0 Å². The van der Waals surface area contributed by atoms with E-state index >= 15 is 0 Å². The van der Waals surface area contributed by atoms with Crippen molar-refractivity contribution in [3.05, 3.63) is 18.1 Å². The number of nitrogens with zero attached hydrogens (tertiary/aromatic N) is 3. The molecule has 0 aliphatic heterocycles. The molecule has 1 N–H and O–H groups in total. The third kappa shape index (κ3) is 4.23. The van der Waals surface area contributed by atoms with Gasteiger partial charge in [-0.25, -0.2) is 10.4 Å². The van der Waals surface area contributed by atoms with Gasteiger partial charge in [0.1, 0.15) is 4.38 Å². The molecule has 0 spiro atoms. The molecule has 0 fully saturated rings. The number of nitrogens with one attached hydrogen (secondary N) is 1. The zero-order chi connectivity index (χ0) is 12.7. The van der Waals surface area contributed by atoms with Crippen molar-refractivity contribution >= 4 is 33.8 Å². The molecule has 8 heteroatoms. The second kappa shape index (κ2) is 7.13. The van der Waals surface area contributed by atoms with Crippen LogP contribution in [0, 0.1) is 0 Å².